The third kappa shape index (κ3) is 6.38. The summed E-state index contributed by atoms with van der Waals surface area (Å²) in [5.74, 6) is 0.350. The van der Waals surface area contributed by atoms with E-state index in [1.54, 1.807) is 0 Å². The van der Waals surface area contributed by atoms with Crippen molar-refractivity contribution in [1.29, 1.82) is 0 Å². The summed E-state index contributed by atoms with van der Waals surface area (Å²) in [5, 5.41) is 4.20. The van der Waals surface area contributed by atoms with Crippen LogP contribution in [-0.2, 0) is 16.1 Å². The smallest absolute Gasteiger partial charge is 0.254 e. The quantitative estimate of drug-likeness (QED) is 0.526. The molecule has 2 saturated carbocycles. The summed E-state index contributed by atoms with van der Waals surface area (Å²) in [5.41, 5.74) is 2.77. The van der Waals surface area contributed by atoms with Crippen LogP contribution in [0, 0.1) is 18.8 Å². The van der Waals surface area contributed by atoms with Gasteiger partial charge in [0.05, 0.1) is 18.7 Å². The van der Waals surface area contributed by atoms with E-state index in [9.17, 15) is 9.59 Å². The molecule has 0 bridgehead atoms. The molecule has 208 valence electrons. The number of carbonyl (C=O) groups excluding carboxylic acids is 1. The Kier molecular flexibility index (Phi) is 8.98. The monoisotopic (exact) mass is 562 g/mol. The predicted molar refractivity (Wildman–Crippen MR) is 152 cm³/mol. The van der Waals surface area contributed by atoms with Crippen molar-refractivity contribution in [2.75, 3.05) is 32.8 Å². The molecule has 7 nitrogen and oxygen atoms in total. The number of halogens is 2. The number of pyridine rings is 2. The molecular weight excluding hydrogens is 523 g/mol. The van der Waals surface area contributed by atoms with Crippen LogP contribution >= 0.6 is 23.2 Å². The Hall–Kier alpha value is -1.67. The Balaban J connectivity index is 1.38. The third-order valence-electron chi connectivity index (χ3n) is 8.79. The maximum atomic E-state index is 14.0. The number of fused-ring (bicyclic) bond motifs is 1. The van der Waals surface area contributed by atoms with Gasteiger partial charge < -0.3 is 14.6 Å². The molecule has 3 fully saturated rings. The molecule has 38 heavy (non-hydrogen) atoms. The molecule has 2 aromatic heterocycles. The zero-order chi connectivity index (χ0) is 26.8. The molecule has 1 N–H and O–H groups in total. The summed E-state index contributed by atoms with van der Waals surface area (Å²) in [6.07, 6.45) is 6.64. The Labute approximate surface area is 235 Å². The molecule has 0 aromatic carbocycles. The van der Waals surface area contributed by atoms with Crippen LogP contribution in [0.4, 0.5) is 0 Å². The zero-order valence-electron chi connectivity index (χ0n) is 22.5. The molecule has 3 aliphatic rings. The van der Waals surface area contributed by atoms with Gasteiger partial charge in [0.25, 0.3) is 5.56 Å². The first-order chi connectivity index (χ1) is 18.3. The summed E-state index contributed by atoms with van der Waals surface area (Å²) in [7, 11) is 0. The van der Waals surface area contributed by atoms with Crippen molar-refractivity contribution in [2.45, 2.75) is 81.6 Å². The lowest BCUT2D eigenvalue weighted by atomic mass is 9.74. The van der Waals surface area contributed by atoms with Crippen molar-refractivity contribution in [3.05, 3.63) is 39.9 Å². The van der Waals surface area contributed by atoms with E-state index in [4.69, 9.17) is 27.9 Å². The van der Waals surface area contributed by atoms with Crippen molar-refractivity contribution in [3.8, 4) is 0 Å². The highest BCUT2D eigenvalue weighted by Gasteiger charge is 2.35. The summed E-state index contributed by atoms with van der Waals surface area (Å²) in [6.45, 7) is 8.91. The number of aryl methyl sites for hydroxylation is 1. The summed E-state index contributed by atoms with van der Waals surface area (Å²) in [4.78, 5) is 34.1. The fourth-order valence-corrected chi connectivity index (χ4v) is 7.50. The van der Waals surface area contributed by atoms with Gasteiger partial charge >= 0.3 is 0 Å². The molecule has 1 saturated heterocycles. The standard InChI is InChI=1S/C29H40Cl2N4O3/c1-18-3-4-24(33-28(36)20-12-22(30)15-23(31)13-20)16-25(18)26-14-21-17-32-19(2)11-27(21)35(29(26)37)6-5-34-7-9-38-10-8-34/h11,14,17-18,20,22-25H,3-10,12-13,15-16H2,1-2H3,(H,33,36). The first-order valence-corrected chi connectivity index (χ1v) is 15.0. The van der Waals surface area contributed by atoms with Gasteiger partial charge in [-0.15, -0.1) is 23.2 Å². The number of ether oxygens (including phenoxy) is 1. The Morgan fingerprint density at radius 2 is 1.82 bits per heavy atom. The number of carbonyl (C=O) groups is 1. The van der Waals surface area contributed by atoms with Crippen LogP contribution in [0.5, 0.6) is 0 Å². The van der Waals surface area contributed by atoms with Crippen molar-refractivity contribution in [2.24, 2.45) is 11.8 Å². The van der Waals surface area contributed by atoms with Gasteiger partial charge in [0.2, 0.25) is 5.91 Å². The van der Waals surface area contributed by atoms with E-state index < -0.39 is 0 Å². The largest absolute Gasteiger partial charge is 0.379 e. The molecule has 0 radical (unpaired) electrons. The number of morpholine rings is 1. The van der Waals surface area contributed by atoms with Gasteiger partial charge in [-0.2, -0.15) is 0 Å². The summed E-state index contributed by atoms with van der Waals surface area (Å²) >= 11 is 12.7. The average molecular weight is 564 g/mol. The highest BCUT2D eigenvalue weighted by molar-refractivity contribution is 6.24. The minimum atomic E-state index is -0.140. The second-order valence-electron chi connectivity index (χ2n) is 11.6. The van der Waals surface area contributed by atoms with E-state index in [1.165, 1.54) is 0 Å². The molecule has 0 spiro atoms. The van der Waals surface area contributed by atoms with Crippen LogP contribution in [0.2, 0.25) is 0 Å². The van der Waals surface area contributed by atoms with E-state index in [2.05, 4.69) is 28.2 Å². The van der Waals surface area contributed by atoms with Crippen molar-refractivity contribution in [1.82, 2.24) is 19.8 Å². The fraction of sp³-hybridized carbons (Fsp3) is 0.690. The van der Waals surface area contributed by atoms with E-state index in [-0.39, 0.29) is 40.1 Å². The SMILES string of the molecule is Cc1cc2c(cn1)cc(C1CC(NC(=O)C3CC(Cl)CC(Cl)C3)CCC1C)c(=O)n2CCN1CCOCC1. The number of hydrogen-bond donors (Lipinski definition) is 1. The van der Waals surface area contributed by atoms with Gasteiger partial charge in [-0.1, -0.05) is 6.92 Å². The maximum absolute atomic E-state index is 14.0. The molecule has 5 atom stereocenters. The second-order valence-corrected chi connectivity index (χ2v) is 12.8. The molecule has 5 unspecified atom stereocenters. The molecule has 1 aliphatic heterocycles. The van der Waals surface area contributed by atoms with E-state index in [1.807, 2.05) is 23.8 Å². The topological polar surface area (TPSA) is 76.5 Å². The maximum Gasteiger partial charge on any atom is 0.254 e. The van der Waals surface area contributed by atoms with Crippen LogP contribution in [0.1, 0.15) is 62.6 Å². The summed E-state index contributed by atoms with van der Waals surface area (Å²) < 4.78 is 7.45. The highest BCUT2D eigenvalue weighted by atomic mass is 35.5. The van der Waals surface area contributed by atoms with Crippen molar-refractivity contribution in [3.63, 3.8) is 0 Å². The second kappa shape index (κ2) is 12.2. The lowest BCUT2D eigenvalue weighted by molar-refractivity contribution is -0.126. The number of aromatic nitrogens is 2. The van der Waals surface area contributed by atoms with E-state index >= 15 is 0 Å². The molecule has 3 heterocycles. The van der Waals surface area contributed by atoms with Crippen LogP contribution < -0.4 is 10.9 Å². The summed E-state index contributed by atoms with van der Waals surface area (Å²) in [6, 6.07) is 4.12. The van der Waals surface area contributed by atoms with Gasteiger partial charge in [-0.25, -0.2) is 0 Å². The van der Waals surface area contributed by atoms with Gasteiger partial charge in [0, 0.05) is 71.7 Å². The lowest BCUT2D eigenvalue weighted by Gasteiger charge is -2.36. The zero-order valence-corrected chi connectivity index (χ0v) is 24.0. The molecule has 2 aliphatic carbocycles. The first kappa shape index (κ1) is 27.9. The Bertz CT molecular complexity index is 1190. The van der Waals surface area contributed by atoms with Gasteiger partial charge in [0.15, 0.2) is 0 Å². The minimum Gasteiger partial charge on any atom is -0.379 e. The fourth-order valence-electron chi connectivity index (χ4n) is 6.55. The normalized spacial score (nSPS) is 30.8. The molecular formula is C29H40Cl2N4O3. The van der Waals surface area contributed by atoms with E-state index in [0.29, 0.717) is 25.3 Å². The van der Waals surface area contributed by atoms with Crippen molar-refractivity contribution < 1.29 is 9.53 Å². The predicted octanol–water partition coefficient (Wildman–Crippen LogP) is 4.44. The minimum absolute atomic E-state index is 0.0428. The third-order valence-corrected chi connectivity index (χ3v) is 9.50. The molecule has 2 aromatic rings. The number of alkyl halides is 2. The van der Waals surface area contributed by atoms with Gasteiger partial charge in [-0.05, 0) is 69.4 Å². The molecule has 1 amide bonds. The number of nitrogens with zero attached hydrogens (tertiary/aromatic N) is 3. The molecule has 5 rings (SSSR count). The number of amides is 1. The van der Waals surface area contributed by atoms with Crippen LogP contribution in [-0.4, -0.2) is 70.0 Å². The number of nitrogens with one attached hydrogen (secondary N) is 1. The van der Waals surface area contributed by atoms with Gasteiger partial charge in [-0.3, -0.25) is 19.5 Å². The lowest BCUT2D eigenvalue weighted by Crippen LogP contribution is -2.45. The van der Waals surface area contributed by atoms with Gasteiger partial charge in [0.1, 0.15) is 0 Å². The number of rotatable bonds is 6. The van der Waals surface area contributed by atoms with Crippen LogP contribution in [0.15, 0.2) is 23.1 Å². The number of hydrogen-bond acceptors (Lipinski definition) is 5. The Morgan fingerprint density at radius 3 is 2.55 bits per heavy atom. The average Bonchev–Trinajstić information content (AvgIpc) is 2.89. The Morgan fingerprint density at radius 1 is 1.08 bits per heavy atom. The first-order valence-electron chi connectivity index (χ1n) is 14.2. The van der Waals surface area contributed by atoms with Crippen molar-refractivity contribution >= 4 is 40.0 Å². The van der Waals surface area contributed by atoms with E-state index in [0.717, 1.165) is 80.7 Å². The van der Waals surface area contributed by atoms with Crippen LogP contribution in [0.3, 0.4) is 0 Å². The molecule has 9 heteroatoms. The highest BCUT2D eigenvalue weighted by Crippen LogP contribution is 2.38. The van der Waals surface area contributed by atoms with Crippen LogP contribution in [0.25, 0.3) is 10.9 Å².